The van der Waals surface area contributed by atoms with Gasteiger partial charge in [-0.15, -0.1) is 0 Å². The van der Waals surface area contributed by atoms with Crippen molar-refractivity contribution in [2.45, 2.75) is 19.6 Å². The molecular formula is C20H19N7. The van der Waals surface area contributed by atoms with Gasteiger partial charge in [0, 0.05) is 36.2 Å². The third-order valence-electron chi connectivity index (χ3n) is 4.83. The molecule has 0 bridgehead atoms. The van der Waals surface area contributed by atoms with Crippen LogP contribution in [0.25, 0.3) is 10.9 Å². The Balaban J connectivity index is 1.36. The molecule has 27 heavy (non-hydrogen) atoms. The number of hydrogen-bond donors (Lipinski definition) is 1. The van der Waals surface area contributed by atoms with Gasteiger partial charge in [-0.25, -0.2) is 4.98 Å². The Morgan fingerprint density at radius 2 is 1.96 bits per heavy atom. The van der Waals surface area contributed by atoms with Crippen molar-refractivity contribution in [1.82, 2.24) is 24.7 Å². The third kappa shape index (κ3) is 3.08. The van der Waals surface area contributed by atoms with Gasteiger partial charge in [-0.2, -0.15) is 5.10 Å². The summed E-state index contributed by atoms with van der Waals surface area (Å²) < 4.78 is 2.10. The van der Waals surface area contributed by atoms with Gasteiger partial charge in [0.05, 0.1) is 42.7 Å². The van der Waals surface area contributed by atoms with E-state index in [0.717, 1.165) is 36.7 Å². The van der Waals surface area contributed by atoms with Crippen molar-refractivity contribution in [2.75, 3.05) is 16.8 Å². The second kappa shape index (κ2) is 6.68. The monoisotopic (exact) mass is 357 g/mol. The number of nitrogens with one attached hydrogen (secondary N) is 1. The van der Waals surface area contributed by atoms with Crippen LogP contribution in [0.2, 0.25) is 0 Å². The van der Waals surface area contributed by atoms with E-state index >= 15 is 0 Å². The molecule has 7 heteroatoms. The van der Waals surface area contributed by atoms with Gasteiger partial charge in [-0.05, 0) is 18.2 Å². The lowest BCUT2D eigenvalue weighted by Gasteiger charge is -2.30. The highest BCUT2D eigenvalue weighted by atomic mass is 15.3. The zero-order valence-electron chi connectivity index (χ0n) is 14.8. The van der Waals surface area contributed by atoms with Crippen LogP contribution in [-0.2, 0) is 19.6 Å². The smallest absolute Gasteiger partial charge is 0.144 e. The fraction of sp³-hybridized carbons (Fsp3) is 0.200. The van der Waals surface area contributed by atoms with Crippen LogP contribution in [0.15, 0.2) is 61.2 Å². The van der Waals surface area contributed by atoms with Crippen molar-refractivity contribution in [3.8, 4) is 0 Å². The minimum Gasteiger partial charge on any atom is -0.363 e. The summed E-state index contributed by atoms with van der Waals surface area (Å²) in [6.45, 7) is 3.28. The second-order valence-corrected chi connectivity index (χ2v) is 6.56. The van der Waals surface area contributed by atoms with E-state index in [9.17, 15) is 0 Å². The highest BCUT2D eigenvalue weighted by molar-refractivity contribution is 5.91. The first-order chi connectivity index (χ1) is 13.4. The average Bonchev–Trinajstić information content (AvgIpc) is 3.15. The van der Waals surface area contributed by atoms with E-state index in [1.807, 2.05) is 12.3 Å². The molecule has 1 aliphatic heterocycles. The maximum Gasteiger partial charge on any atom is 0.144 e. The normalized spacial score (nSPS) is 13.6. The molecule has 7 nitrogen and oxygen atoms in total. The number of para-hydroxylation sites is 1. The van der Waals surface area contributed by atoms with Gasteiger partial charge in [-0.3, -0.25) is 14.6 Å². The Hall–Kier alpha value is -3.48. The molecule has 0 amide bonds. The predicted molar refractivity (Wildman–Crippen MR) is 104 cm³/mol. The minimum atomic E-state index is 0.636. The summed E-state index contributed by atoms with van der Waals surface area (Å²) >= 11 is 0. The molecule has 3 aromatic heterocycles. The molecule has 4 aromatic rings. The van der Waals surface area contributed by atoms with Gasteiger partial charge < -0.3 is 10.2 Å². The first kappa shape index (κ1) is 15.7. The molecule has 0 saturated carbocycles. The molecule has 0 radical (unpaired) electrons. The first-order valence-electron chi connectivity index (χ1n) is 9.01. The number of aromatic nitrogens is 5. The molecule has 0 fully saturated rings. The summed E-state index contributed by atoms with van der Waals surface area (Å²) in [5, 5.41) is 9.18. The Morgan fingerprint density at radius 1 is 1.00 bits per heavy atom. The van der Waals surface area contributed by atoms with E-state index in [0.29, 0.717) is 6.54 Å². The fourth-order valence-electron chi connectivity index (χ4n) is 3.55. The van der Waals surface area contributed by atoms with Gasteiger partial charge >= 0.3 is 0 Å². The molecule has 134 valence electrons. The van der Waals surface area contributed by atoms with Gasteiger partial charge in [0.15, 0.2) is 0 Å². The maximum atomic E-state index is 4.72. The molecule has 4 heterocycles. The van der Waals surface area contributed by atoms with Crippen LogP contribution in [0, 0.1) is 0 Å². The maximum absolute atomic E-state index is 4.72. The molecule has 0 spiro atoms. The minimum absolute atomic E-state index is 0.636. The fourth-order valence-corrected chi connectivity index (χ4v) is 3.55. The van der Waals surface area contributed by atoms with Crippen molar-refractivity contribution in [3.05, 3.63) is 72.6 Å². The molecule has 1 aliphatic rings. The highest BCUT2D eigenvalue weighted by Crippen LogP contribution is 2.28. The van der Waals surface area contributed by atoms with Crippen LogP contribution >= 0.6 is 0 Å². The van der Waals surface area contributed by atoms with Crippen LogP contribution in [0.3, 0.4) is 0 Å². The van der Waals surface area contributed by atoms with Crippen molar-refractivity contribution >= 4 is 22.4 Å². The first-order valence-corrected chi connectivity index (χ1v) is 9.01. The number of anilines is 2. The van der Waals surface area contributed by atoms with E-state index in [4.69, 9.17) is 5.10 Å². The number of nitrogens with zero attached hydrogens (tertiary/aromatic N) is 6. The summed E-state index contributed by atoms with van der Waals surface area (Å²) in [7, 11) is 0. The second-order valence-electron chi connectivity index (χ2n) is 6.56. The number of benzene rings is 1. The van der Waals surface area contributed by atoms with Crippen molar-refractivity contribution in [2.24, 2.45) is 0 Å². The number of fused-ring (bicyclic) bond motifs is 2. The van der Waals surface area contributed by atoms with Crippen LogP contribution in [0.1, 0.15) is 11.4 Å². The molecule has 0 saturated heterocycles. The molecule has 0 unspecified atom stereocenters. The van der Waals surface area contributed by atoms with E-state index in [1.165, 1.54) is 16.8 Å². The SMILES string of the molecule is c1ccc2c(N3CCn4nc(CNc5cnccn5)cc4C3)ccnc2c1. The van der Waals surface area contributed by atoms with E-state index in [2.05, 4.69) is 60.2 Å². The van der Waals surface area contributed by atoms with Gasteiger partial charge in [-0.1, -0.05) is 18.2 Å². The lowest BCUT2D eigenvalue weighted by Crippen LogP contribution is -2.33. The summed E-state index contributed by atoms with van der Waals surface area (Å²) in [6, 6.07) is 12.6. The topological polar surface area (TPSA) is 71.8 Å². The summed E-state index contributed by atoms with van der Waals surface area (Å²) in [5.74, 6) is 0.758. The van der Waals surface area contributed by atoms with Crippen molar-refractivity contribution in [3.63, 3.8) is 0 Å². The number of pyridine rings is 1. The molecule has 1 N–H and O–H groups in total. The Bertz CT molecular complexity index is 1070. The third-order valence-corrected chi connectivity index (χ3v) is 4.83. The molecule has 0 atom stereocenters. The molecule has 1 aromatic carbocycles. The summed E-state index contributed by atoms with van der Waals surface area (Å²) in [6.07, 6.45) is 6.95. The largest absolute Gasteiger partial charge is 0.363 e. The summed E-state index contributed by atoms with van der Waals surface area (Å²) in [5.41, 5.74) is 4.49. The van der Waals surface area contributed by atoms with Crippen LogP contribution in [-0.4, -0.2) is 31.3 Å². The van der Waals surface area contributed by atoms with Gasteiger partial charge in [0.25, 0.3) is 0 Å². The van der Waals surface area contributed by atoms with Crippen LogP contribution in [0.5, 0.6) is 0 Å². The summed E-state index contributed by atoms with van der Waals surface area (Å²) in [4.78, 5) is 15.2. The molecule has 0 aliphatic carbocycles. The van der Waals surface area contributed by atoms with E-state index in [1.54, 1.807) is 18.6 Å². The lowest BCUT2D eigenvalue weighted by molar-refractivity contribution is 0.517. The molecule has 5 rings (SSSR count). The molecular weight excluding hydrogens is 338 g/mol. The van der Waals surface area contributed by atoms with Crippen molar-refractivity contribution < 1.29 is 0 Å². The lowest BCUT2D eigenvalue weighted by atomic mass is 10.1. The number of hydrogen-bond acceptors (Lipinski definition) is 6. The quantitative estimate of drug-likeness (QED) is 0.606. The van der Waals surface area contributed by atoms with Crippen molar-refractivity contribution in [1.29, 1.82) is 0 Å². The highest BCUT2D eigenvalue weighted by Gasteiger charge is 2.20. The Kier molecular flexibility index (Phi) is 3.90. The number of rotatable bonds is 4. The van der Waals surface area contributed by atoms with E-state index in [-0.39, 0.29) is 0 Å². The average molecular weight is 357 g/mol. The predicted octanol–water partition coefficient (Wildman–Crippen LogP) is 2.85. The van der Waals surface area contributed by atoms with Crippen LogP contribution in [0.4, 0.5) is 11.5 Å². The van der Waals surface area contributed by atoms with Crippen LogP contribution < -0.4 is 10.2 Å². The Labute approximate surface area is 156 Å². The zero-order valence-corrected chi connectivity index (χ0v) is 14.8. The van der Waals surface area contributed by atoms with Gasteiger partial charge in [0.2, 0.25) is 0 Å². The Morgan fingerprint density at radius 3 is 2.89 bits per heavy atom. The van der Waals surface area contributed by atoms with E-state index < -0.39 is 0 Å². The zero-order chi connectivity index (χ0) is 18.1. The van der Waals surface area contributed by atoms with Gasteiger partial charge in [0.1, 0.15) is 5.82 Å². The standard InChI is InChI=1S/C20H19N7/c1-2-4-18-17(3-1)19(5-6-22-18)26-9-10-27-16(14-26)11-15(25-27)12-24-20-13-21-7-8-23-20/h1-8,11,13H,9-10,12,14H2,(H,23,24).